The van der Waals surface area contributed by atoms with Gasteiger partial charge in [0.1, 0.15) is 0 Å². The molecule has 2 rings (SSSR count). The molecule has 29 heavy (non-hydrogen) atoms. The summed E-state index contributed by atoms with van der Waals surface area (Å²) in [6, 6.07) is 0. The predicted octanol–water partition coefficient (Wildman–Crippen LogP) is 8.57. The van der Waals surface area contributed by atoms with Crippen LogP contribution in [0.4, 0.5) is 0 Å². The third kappa shape index (κ3) is 6.70. The number of Topliss-reactive ketones (excluding diaryl/α,β-unsaturated/α-hetero) is 1. The van der Waals surface area contributed by atoms with Gasteiger partial charge in [-0.15, -0.1) is 0 Å². The van der Waals surface area contributed by atoms with Gasteiger partial charge in [-0.25, -0.2) is 0 Å². The van der Waals surface area contributed by atoms with Crippen LogP contribution in [0.15, 0.2) is 12.2 Å². The zero-order valence-electron chi connectivity index (χ0n) is 20.0. The molecule has 0 amide bonds. The summed E-state index contributed by atoms with van der Waals surface area (Å²) in [6.45, 7) is 13.7. The second-order valence-electron chi connectivity index (χ2n) is 10.5. The Bertz CT molecular complexity index is 527. The van der Waals surface area contributed by atoms with Gasteiger partial charge in [-0.1, -0.05) is 0 Å². The Morgan fingerprint density at radius 3 is 2.24 bits per heavy atom. The van der Waals surface area contributed by atoms with Gasteiger partial charge < -0.3 is 0 Å². The van der Waals surface area contributed by atoms with E-state index in [1.165, 1.54) is 94.4 Å². The summed E-state index contributed by atoms with van der Waals surface area (Å²) in [5, 5.41) is 1.39. The summed E-state index contributed by atoms with van der Waals surface area (Å²) in [4.78, 5) is 12.6. The fraction of sp³-hybridized carbons (Fsp3) is 0.889. The van der Waals surface area contributed by atoms with Gasteiger partial charge in [-0.3, -0.25) is 0 Å². The second kappa shape index (κ2) is 12.1. The number of ketones is 1. The van der Waals surface area contributed by atoms with Crippen LogP contribution in [0.2, 0.25) is 9.63 Å². The Morgan fingerprint density at radius 1 is 1.07 bits per heavy atom. The Morgan fingerprint density at radius 2 is 1.66 bits per heavy atom. The first-order chi connectivity index (χ1) is 13.8. The van der Waals surface area contributed by atoms with Crippen LogP contribution < -0.4 is 0 Å². The van der Waals surface area contributed by atoms with E-state index in [0.29, 0.717) is 42.3 Å². The second-order valence-corrected chi connectivity index (χ2v) is 13.7. The van der Waals surface area contributed by atoms with Gasteiger partial charge in [0.15, 0.2) is 0 Å². The van der Waals surface area contributed by atoms with Crippen molar-refractivity contribution >= 4 is 20.7 Å². The van der Waals surface area contributed by atoms with Crippen LogP contribution >= 0.6 is 0 Å². The van der Waals surface area contributed by atoms with Crippen molar-refractivity contribution in [3.63, 3.8) is 0 Å². The summed E-state index contributed by atoms with van der Waals surface area (Å²) < 4.78 is 0.333. The fourth-order valence-corrected chi connectivity index (χ4v) is 9.90. The standard InChI is InChI=1S/C27H48OSe/c1-6-7-8-9-10-11-12-13-14-15-18-29-27-17-16-24(22(2)3)20-26(27,5)23(4)19-25(28)21-27/h23-24H,2,6-21H2,1,3-5H3. The van der Waals surface area contributed by atoms with Crippen molar-refractivity contribution in [2.45, 2.75) is 134 Å². The molecule has 1 nitrogen and oxygen atoms in total. The Kier molecular flexibility index (Phi) is 10.5. The topological polar surface area (TPSA) is 17.1 Å². The first kappa shape index (κ1) is 25.2. The molecule has 0 radical (unpaired) electrons. The number of unbranched alkanes of at least 4 members (excludes halogenated alkanes) is 9. The number of hydrogen-bond donors (Lipinski definition) is 0. The van der Waals surface area contributed by atoms with Crippen molar-refractivity contribution in [2.75, 3.05) is 0 Å². The van der Waals surface area contributed by atoms with Crippen LogP contribution in [0.25, 0.3) is 0 Å². The van der Waals surface area contributed by atoms with E-state index in [1.807, 2.05) is 0 Å². The molecule has 0 N–H and O–H groups in total. The molecule has 4 atom stereocenters. The third-order valence-corrected chi connectivity index (χ3v) is 12.2. The minimum atomic E-state index is 0.333. The number of rotatable bonds is 13. The van der Waals surface area contributed by atoms with E-state index in [0.717, 1.165) is 12.8 Å². The molecular weight excluding hydrogens is 419 g/mol. The Hall–Kier alpha value is -0.0705. The quantitative estimate of drug-likeness (QED) is 0.151. The minimum absolute atomic E-state index is 0.333. The van der Waals surface area contributed by atoms with E-state index >= 15 is 0 Å². The number of allylic oxidation sites excluding steroid dienone is 1. The molecular formula is C27H48OSe. The van der Waals surface area contributed by atoms with Crippen LogP contribution in [-0.4, -0.2) is 20.7 Å². The zero-order chi connectivity index (χ0) is 21.3. The first-order valence-electron chi connectivity index (χ1n) is 12.7. The number of carbonyl (C=O) groups is 1. The van der Waals surface area contributed by atoms with E-state index in [4.69, 9.17) is 0 Å². The van der Waals surface area contributed by atoms with E-state index in [-0.39, 0.29) is 0 Å². The summed E-state index contributed by atoms with van der Waals surface area (Å²) in [5.41, 5.74) is 1.72. The summed E-state index contributed by atoms with van der Waals surface area (Å²) in [7, 11) is 0. The number of carbonyl (C=O) groups excluding carboxylic acids is 1. The van der Waals surface area contributed by atoms with Gasteiger partial charge >= 0.3 is 189 Å². The molecule has 2 fully saturated rings. The summed E-state index contributed by atoms with van der Waals surface area (Å²) >= 11 is 0.603. The maximum atomic E-state index is 12.6. The summed E-state index contributed by atoms with van der Waals surface area (Å²) in [5.74, 6) is 1.77. The average Bonchev–Trinajstić information content (AvgIpc) is 2.67. The molecule has 0 bridgehead atoms. The molecule has 0 aromatic rings. The van der Waals surface area contributed by atoms with Crippen molar-refractivity contribution in [1.29, 1.82) is 0 Å². The Labute approximate surface area is 188 Å². The molecule has 0 spiro atoms. The van der Waals surface area contributed by atoms with E-state index < -0.39 is 0 Å². The van der Waals surface area contributed by atoms with Crippen LogP contribution in [0.1, 0.15) is 124 Å². The number of hydrogen-bond acceptors (Lipinski definition) is 1. The van der Waals surface area contributed by atoms with Crippen LogP contribution in [-0.2, 0) is 4.79 Å². The normalized spacial score (nSPS) is 32.2. The fourth-order valence-electron chi connectivity index (χ4n) is 5.96. The monoisotopic (exact) mass is 468 g/mol. The molecule has 0 heterocycles. The van der Waals surface area contributed by atoms with Crippen LogP contribution in [0.3, 0.4) is 0 Å². The van der Waals surface area contributed by atoms with Crippen LogP contribution in [0.5, 0.6) is 0 Å². The van der Waals surface area contributed by atoms with E-state index in [1.54, 1.807) is 0 Å². The third-order valence-electron chi connectivity index (χ3n) is 8.29. The molecule has 4 unspecified atom stereocenters. The van der Waals surface area contributed by atoms with Gasteiger partial charge in [-0.2, -0.15) is 0 Å². The van der Waals surface area contributed by atoms with Crippen molar-refractivity contribution in [3.8, 4) is 0 Å². The van der Waals surface area contributed by atoms with E-state index in [2.05, 4.69) is 34.3 Å². The molecule has 0 saturated heterocycles. The molecule has 0 aliphatic heterocycles. The van der Waals surface area contributed by atoms with Gasteiger partial charge in [0.25, 0.3) is 0 Å². The van der Waals surface area contributed by atoms with Gasteiger partial charge in [0.2, 0.25) is 0 Å². The zero-order valence-corrected chi connectivity index (χ0v) is 21.7. The molecule has 2 aliphatic rings. The van der Waals surface area contributed by atoms with Crippen molar-refractivity contribution in [2.24, 2.45) is 17.3 Å². The SMILES string of the molecule is C=C(C)C1CCC2([Se]CCCCCCCCCCCC)CC(=O)CC(C)C2(C)C1. The van der Waals surface area contributed by atoms with Gasteiger partial charge in [0, 0.05) is 0 Å². The van der Waals surface area contributed by atoms with Crippen LogP contribution in [0, 0.1) is 17.3 Å². The number of fused-ring (bicyclic) bond motifs is 1. The van der Waals surface area contributed by atoms with Crippen molar-refractivity contribution < 1.29 is 4.79 Å². The predicted molar refractivity (Wildman–Crippen MR) is 129 cm³/mol. The maximum absolute atomic E-state index is 12.6. The van der Waals surface area contributed by atoms with Crippen molar-refractivity contribution in [3.05, 3.63) is 12.2 Å². The van der Waals surface area contributed by atoms with E-state index in [9.17, 15) is 4.79 Å². The average molecular weight is 468 g/mol. The Balaban J connectivity index is 1.77. The molecule has 168 valence electrons. The van der Waals surface area contributed by atoms with Gasteiger partial charge in [-0.05, 0) is 0 Å². The molecule has 2 heteroatoms. The summed E-state index contributed by atoms with van der Waals surface area (Å²) in [6.07, 6.45) is 19.7. The molecule has 2 saturated carbocycles. The molecule has 0 aromatic carbocycles. The van der Waals surface area contributed by atoms with Gasteiger partial charge in [0.05, 0.1) is 0 Å². The molecule has 2 aliphatic carbocycles. The first-order valence-corrected chi connectivity index (χ1v) is 14.7. The van der Waals surface area contributed by atoms with Crippen molar-refractivity contribution in [1.82, 2.24) is 0 Å². The molecule has 0 aromatic heterocycles.